The zero-order valence-electron chi connectivity index (χ0n) is 14.7. The Bertz CT molecular complexity index is 684. The Morgan fingerprint density at radius 2 is 1.92 bits per heavy atom. The molecule has 1 aromatic carbocycles. The molecule has 5 heteroatoms. The van der Waals surface area contributed by atoms with Gasteiger partial charge in [-0.15, -0.1) is 0 Å². The fourth-order valence-corrected chi connectivity index (χ4v) is 4.25. The minimum atomic E-state index is -0.0735. The Morgan fingerprint density at radius 1 is 1.08 bits per heavy atom. The monoisotopic (exact) mass is 341 g/mol. The first kappa shape index (κ1) is 16.4. The van der Waals surface area contributed by atoms with Gasteiger partial charge in [0.25, 0.3) is 0 Å². The second kappa shape index (κ2) is 6.70. The predicted molar refractivity (Wildman–Crippen MR) is 96.7 cm³/mol. The summed E-state index contributed by atoms with van der Waals surface area (Å²) in [5, 5.41) is 3.25. The molecule has 1 heterocycles. The van der Waals surface area contributed by atoms with Crippen LogP contribution in [0.5, 0.6) is 0 Å². The third-order valence-corrected chi connectivity index (χ3v) is 5.83. The van der Waals surface area contributed by atoms with E-state index in [1.807, 2.05) is 17.0 Å². The Hall–Kier alpha value is -2.04. The molecular formula is C20H27N3O2. The normalized spacial score (nSPS) is 26.0. The van der Waals surface area contributed by atoms with Crippen LogP contribution >= 0.6 is 0 Å². The van der Waals surface area contributed by atoms with E-state index in [9.17, 15) is 9.59 Å². The highest BCUT2D eigenvalue weighted by atomic mass is 16.2. The number of fused-ring (bicyclic) bond motifs is 1. The van der Waals surface area contributed by atoms with Crippen molar-refractivity contribution >= 4 is 17.5 Å². The van der Waals surface area contributed by atoms with Gasteiger partial charge in [-0.3, -0.25) is 9.59 Å². The minimum absolute atomic E-state index is 0.0735. The van der Waals surface area contributed by atoms with Crippen molar-refractivity contribution in [3.8, 4) is 0 Å². The van der Waals surface area contributed by atoms with E-state index in [4.69, 9.17) is 5.73 Å². The number of amides is 2. The van der Waals surface area contributed by atoms with E-state index in [0.717, 1.165) is 57.2 Å². The molecule has 0 aromatic heterocycles. The molecule has 2 fully saturated rings. The van der Waals surface area contributed by atoms with Gasteiger partial charge >= 0.3 is 0 Å². The quantitative estimate of drug-likeness (QED) is 0.829. The highest BCUT2D eigenvalue weighted by molar-refractivity contribution is 5.83. The summed E-state index contributed by atoms with van der Waals surface area (Å²) < 4.78 is 0. The Kier molecular flexibility index (Phi) is 4.40. The van der Waals surface area contributed by atoms with Gasteiger partial charge in [0, 0.05) is 24.7 Å². The zero-order chi connectivity index (χ0) is 17.4. The van der Waals surface area contributed by atoms with Crippen LogP contribution in [0, 0.1) is 11.8 Å². The van der Waals surface area contributed by atoms with Crippen LogP contribution in [-0.2, 0) is 16.0 Å². The summed E-state index contributed by atoms with van der Waals surface area (Å²) in [5.74, 6) is 0.520. The molecule has 5 nitrogen and oxygen atoms in total. The van der Waals surface area contributed by atoms with E-state index < -0.39 is 0 Å². The molecular weight excluding hydrogens is 314 g/mol. The number of anilines is 1. The standard InChI is InChI=1S/C20H27N3O2/c21-16-8-9-17-14(11-16)3-1-5-18(17)22-19(24)15-4-2-10-23(12-15)20(25)13-6-7-13/h8-9,11,13,15,18H,1-7,10,12,21H2,(H,22,24). The zero-order valence-corrected chi connectivity index (χ0v) is 14.7. The number of hydrogen-bond donors (Lipinski definition) is 2. The topological polar surface area (TPSA) is 75.4 Å². The Morgan fingerprint density at radius 3 is 2.72 bits per heavy atom. The van der Waals surface area contributed by atoms with Gasteiger partial charge in [0.05, 0.1) is 12.0 Å². The van der Waals surface area contributed by atoms with E-state index in [1.54, 1.807) is 0 Å². The summed E-state index contributed by atoms with van der Waals surface area (Å²) >= 11 is 0. The summed E-state index contributed by atoms with van der Waals surface area (Å²) in [6.07, 6.45) is 6.91. The maximum Gasteiger partial charge on any atom is 0.225 e. The molecule has 0 spiro atoms. The van der Waals surface area contributed by atoms with Gasteiger partial charge in [0.15, 0.2) is 0 Å². The number of nitrogens with two attached hydrogens (primary N) is 1. The number of likely N-dealkylation sites (tertiary alicyclic amines) is 1. The number of nitrogens with zero attached hydrogens (tertiary/aromatic N) is 1. The molecule has 3 aliphatic rings. The van der Waals surface area contributed by atoms with Crippen LogP contribution in [0.2, 0.25) is 0 Å². The number of piperidine rings is 1. The fraction of sp³-hybridized carbons (Fsp3) is 0.600. The first-order chi connectivity index (χ1) is 12.1. The van der Waals surface area contributed by atoms with Crippen LogP contribution in [0.3, 0.4) is 0 Å². The predicted octanol–water partition coefficient (Wildman–Crippen LogP) is 2.41. The lowest BCUT2D eigenvalue weighted by molar-refractivity contribution is -0.137. The molecule has 1 saturated heterocycles. The first-order valence-corrected chi connectivity index (χ1v) is 9.59. The van der Waals surface area contributed by atoms with Gasteiger partial charge in [0.2, 0.25) is 11.8 Å². The number of nitrogen functional groups attached to an aromatic ring is 1. The molecule has 25 heavy (non-hydrogen) atoms. The number of carbonyl (C=O) groups is 2. The summed E-state index contributed by atoms with van der Waals surface area (Å²) in [7, 11) is 0. The number of hydrogen-bond acceptors (Lipinski definition) is 3. The molecule has 0 radical (unpaired) electrons. The number of rotatable bonds is 3. The van der Waals surface area contributed by atoms with Gasteiger partial charge in [-0.2, -0.15) is 0 Å². The van der Waals surface area contributed by atoms with Crippen LogP contribution in [0.15, 0.2) is 18.2 Å². The number of nitrogens with one attached hydrogen (secondary N) is 1. The number of benzene rings is 1. The molecule has 1 aliphatic heterocycles. The first-order valence-electron chi connectivity index (χ1n) is 9.59. The fourth-order valence-electron chi connectivity index (χ4n) is 4.25. The minimum Gasteiger partial charge on any atom is -0.399 e. The van der Waals surface area contributed by atoms with Gasteiger partial charge in [-0.1, -0.05) is 6.07 Å². The van der Waals surface area contributed by atoms with E-state index in [2.05, 4.69) is 11.4 Å². The lowest BCUT2D eigenvalue weighted by Gasteiger charge is -2.34. The number of aryl methyl sites for hydroxylation is 1. The highest BCUT2D eigenvalue weighted by Crippen LogP contribution is 2.34. The summed E-state index contributed by atoms with van der Waals surface area (Å²) in [6.45, 7) is 1.40. The maximum absolute atomic E-state index is 12.8. The van der Waals surface area contributed by atoms with Crippen LogP contribution in [0.1, 0.15) is 55.7 Å². The van der Waals surface area contributed by atoms with Crippen LogP contribution in [0.25, 0.3) is 0 Å². The molecule has 1 aromatic rings. The molecule has 1 saturated carbocycles. The molecule has 2 unspecified atom stereocenters. The molecule has 2 aliphatic carbocycles. The smallest absolute Gasteiger partial charge is 0.225 e. The van der Waals surface area contributed by atoms with Crippen molar-refractivity contribution < 1.29 is 9.59 Å². The Labute approximate surface area is 148 Å². The average Bonchev–Trinajstić information content (AvgIpc) is 3.46. The summed E-state index contributed by atoms with van der Waals surface area (Å²) in [5.41, 5.74) is 9.14. The van der Waals surface area contributed by atoms with Crippen molar-refractivity contribution in [1.29, 1.82) is 0 Å². The molecule has 134 valence electrons. The van der Waals surface area contributed by atoms with E-state index in [1.165, 1.54) is 11.1 Å². The molecule has 3 N–H and O–H groups in total. The highest BCUT2D eigenvalue weighted by Gasteiger charge is 2.37. The Balaban J connectivity index is 1.41. The van der Waals surface area contributed by atoms with Crippen molar-refractivity contribution in [2.24, 2.45) is 11.8 Å². The summed E-state index contributed by atoms with van der Waals surface area (Å²) in [6, 6.07) is 6.08. The largest absolute Gasteiger partial charge is 0.399 e. The van der Waals surface area contributed by atoms with Gasteiger partial charge in [-0.25, -0.2) is 0 Å². The van der Waals surface area contributed by atoms with Crippen LogP contribution in [0.4, 0.5) is 5.69 Å². The third kappa shape index (κ3) is 3.51. The van der Waals surface area contributed by atoms with E-state index in [-0.39, 0.29) is 29.7 Å². The average molecular weight is 341 g/mol. The lowest BCUT2D eigenvalue weighted by Crippen LogP contribution is -2.46. The molecule has 2 amide bonds. The molecule has 0 bridgehead atoms. The second-order valence-electron chi connectivity index (χ2n) is 7.81. The maximum atomic E-state index is 12.8. The van der Waals surface area contributed by atoms with Gasteiger partial charge in [-0.05, 0) is 68.2 Å². The van der Waals surface area contributed by atoms with Crippen molar-refractivity contribution in [3.05, 3.63) is 29.3 Å². The molecule has 4 rings (SSSR count). The lowest BCUT2D eigenvalue weighted by atomic mass is 9.86. The SMILES string of the molecule is Nc1ccc2c(c1)CCCC2NC(=O)C1CCCN(C(=O)C2CC2)C1. The summed E-state index contributed by atoms with van der Waals surface area (Å²) in [4.78, 5) is 27.0. The van der Waals surface area contributed by atoms with Crippen molar-refractivity contribution in [1.82, 2.24) is 10.2 Å². The van der Waals surface area contributed by atoms with Gasteiger partial charge < -0.3 is 16.0 Å². The van der Waals surface area contributed by atoms with E-state index in [0.29, 0.717) is 6.54 Å². The molecule has 2 atom stereocenters. The second-order valence-corrected chi connectivity index (χ2v) is 7.81. The van der Waals surface area contributed by atoms with Crippen LogP contribution in [-0.4, -0.2) is 29.8 Å². The van der Waals surface area contributed by atoms with Crippen molar-refractivity contribution in [2.45, 2.75) is 51.0 Å². The van der Waals surface area contributed by atoms with E-state index >= 15 is 0 Å². The third-order valence-electron chi connectivity index (χ3n) is 5.83. The van der Waals surface area contributed by atoms with Crippen LogP contribution < -0.4 is 11.1 Å². The number of carbonyl (C=O) groups excluding carboxylic acids is 2. The van der Waals surface area contributed by atoms with Gasteiger partial charge in [0.1, 0.15) is 0 Å². The van der Waals surface area contributed by atoms with Crippen molar-refractivity contribution in [3.63, 3.8) is 0 Å². The van der Waals surface area contributed by atoms with Crippen molar-refractivity contribution in [2.75, 3.05) is 18.8 Å².